The molecule has 1 unspecified atom stereocenters. The lowest BCUT2D eigenvalue weighted by atomic mass is 10.2. The fourth-order valence-corrected chi connectivity index (χ4v) is 0.958. The monoisotopic (exact) mass is 141 g/mol. The van der Waals surface area contributed by atoms with Crippen LogP contribution in [0.1, 0.15) is 19.8 Å². The maximum absolute atomic E-state index is 7.32. The first kappa shape index (κ1) is 9.41. The van der Waals surface area contributed by atoms with E-state index in [4.69, 9.17) is 11.0 Å². The van der Waals surface area contributed by atoms with E-state index in [2.05, 4.69) is 5.32 Å². The second kappa shape index (κ2) is 6.53. The summed E-state index contributed by atoms with van der Waals surface area (Å²) in [7, 11) is 0. The minimum Gasteiger partial charge on any atom is -0.329 e. The molecule has 3 nitrogen and oxygen atoms in total. The van der Waals surface area contributed by atoms with Crippen LogP contribution < -0.4 is 11.1 Å². The molecule has 1 atom stereocenters. The number of nitrogens with zero attached hydrogens (tertiary/aromatic N) is 1. The zero-order valence-electron chi connectivity index (χ0n) is 6.43. The van der Waals surface area contributed by atoms with Crippen molar-refractivity contribution in [3.8, 4) is 6.07 Å². The van der Waals surface area contributed by atoms with Gasteiger partial charge in [0.1, 0.15) is 0 Å². The Bertz CT molecular complexity index is 99.9. The zero-order chi connectivity index (χ0) is 7.82. The lowest BCUT2D eigenvalue weighted by molar-refractivity contribution is 0.616. The lowest BCUT2D eigenvalue weighted by Crippen LogP contribution is -2.29. The van der Waals surface area contributed by atoms with Gasteiger partial charge >= 0.3 is 0 Å². The molecule has 1 heterocycles. The molecule has 10 heavy (non-hydrogen) atoms. The Morgan fingerprint density at radius 2 is 2.40 bits per heavy atom. The van der Waals surface area contributed by atoms with Gasteiger partial charge in [0.05, 0.1) is 6.07 Å². The summed E-state index contributed by atoms with van der Waals surface area (Å²) in [5, 5.41) is 10.6. The number of hydrogen-bond acceptors (Lipinski definition) is 3. The molecule has 1 rings (SSSR count). The van der Waals surface area contributed by atoms with E-state index in [0.717, 1.165) is 6.54 Å². The van der Waals surface area contributed by atoms with Crippen LogP contribution in [0.5, 0.6) is 0 Å². The van der Waals surface area contributed by atoms with Gasteiger partial charge in [-0.05, 0) is 19.4 Å². The second-order valence-corrected chi connectivity index (χ2v) is 2.25. The highest BCUT2D eigenvalue weighted by Gasteiger charge is 2.09. The molecular formula is C7H15N3. The smallest absolute Gasteiger partial charge is 0.0587 e. The highest BCUT2D eigenvalue weighted by atomic mass is 15.0. The van der Waals surface area contributed by atoms with Crippen LogP contribution in [0.3, 0.4) is 0 Å². The van der Waals surface area contributed by atoms with Crippen molar-refractivity contribution in [1.29, 1.82) is 5.26 Å². The van der Waals surface area contributed by atoms with E-state index in [0.29, 0.717) is 6.04 Å². The van der Waals surface area contributed by atoms with Crippen molar-refractivity contribution in [2.75, 3.05) is 13.1 Å². The molecule has 3 heteroatoms. The molecule has 1 saturated heterocycles. The largest absolute Gasteiger partial charge is 0.329 e. The van der Waals surface area contributed by atoms with Crippen LogP contribution in [0, 0.1) is 11.3 Å². The average Bonchev–Trinajstić information content (AvgIpc) is 2.39. The van der Waals surface area contributed by atoms with Crippen molar-refractivity contribution < 1.29 is 0 Å². The fourth-order valence-electron chi connectivity index (χ4n) is 0.958. The summed E-state index contributed by atoms with van der Waals surface area (Å²) in [5.41, 5.74) is 5.37. The summed E-state index contributed by atoms with van der Waals surface area (Å²) < 4.78 is 0. The summed E-state index contributed by atoms with van der Waals surface area (Å²) in [6, 6.07) is 2.38. The van der Waals surface area contributed by atoms with Crippen molar-refractivity contribution in [3.63, 3.8) is 0 Å². The summed E-state index contributed by atoms with van der Waals surface area (Å²) in [5.74, 6) is 0. The van der Waals surface area contributed by atoms with Crippen molar-refractivity contribution in [3.05, 3.63) is 0 Å². The SMILES string of the molecule is CC#N.NCC1CCCN1. The lowest BCUT2D eigenvalue weighted by Gasteiger charge is -2.02. The van der Waals surface area contributed by atoms with Crippen molar-refractivity contribution in [2.45, 2.75) is 25.8 Å². The highest BCUT2D eigenvalue weighted by Crippen LogP contribution is 2.01. The van der Waals surface area contributed by atoms with Crippen molar-refractivity contribution >= 4 is 0 Å². The van der Waals surface area contributed by atoms with E-state index in [9.17, 15) is 0 Å². The first-order chi connectivity index (χ1) is 4.85. The van der Waals surface area contributed by atoms with Crippen LogP contribution in [0.15, 0.2) is 0 Å². The van der Waals surface area contributed by atoms with Crippen LogP contribution in [-0.2, 0) is 0 Å². The van der Waals surface area contributed by atoms with Gasteiger partial charge in [-0.2, -0.15) is 5.26 Å². The quantitative estimate of drug-likeness (QED) is 0.549. The van der Waals surface area contributed by atoms with Gasteiger partial charge in [0, 0.05) is 19.5 Å². The van der Waals surface area contributed by atoms with Crippen molar-refractivity contribution in [2.24, 2.45) is 5.73 Å². The fraction of sp³-hybridized carbons (Fsp3) is 0.857. The predicted octanol–water partition coefficient (Wildman–Crippen LogP) is 0.227. The molecule has 1 aliphatic heterocycles. The Labute approximate surface area is 62.2 Å². The van der Waals surface area contributed by atoms with Crippen LogP contribution in [0.4, 0.5) is 0 Å². The van der Waals surface area contributed by atoms with Gasteiger partial charge in [-0.15, -0.1) is 0 Å². The number of nitrogens with two attached hydrogens (primary N) is 1. The topological polar surface area (TPSA) is 61.8 Å². The Morgan fingerprint density at radius 3 is 2.60 bits per heavy atom. The highest BCUT2D eigenvalue weighted by molar-refractivity contribution is 4.73. The van der Waals surface area contributed by atoms with Crippen molar-refractivity contribution in [1.82, 2.24) is 5.32 Å². The molecule has 0 amide bonds. The summed E-state index contributed by atoms with van der Waals surface area (Å²) >= 11 is 0. The molecule has 58 valence electrons. The van der Waals surface area contributed by atoms with E-state index >= 15 is 0 Å². The van der Waals surface area contributed by atoms with Crippen LogP contribution in [0.25, 0.3) is 0 Å². The molecule has 0 spiro atoms. The van der Waals surface area contributed by atoms with Crippen LogP contribution in [0.2, 0.25) is 0 Å². The van der Waals surface area contributed by atoms with Gasteiger partial charge in [-0.3, -0.25) is 0 Å². The third kappa shape index (κ3) is 4.30. The minimum absolute atomic E-state index is 0.625. The van der Waals surface area contributed by atoms with E-state index in [1.165, 1.54) is 26.3 Å². The summed E-state index contributed by atoms with van der Waals surface area (Å²) in [6.45, 7) is 3.40. The first-order valence-electron chi connectivity index (χ1n) is 3.59. The summed E-state index contributed by atoms with van der Waals surface area (Å²) in [4.78, 5) is 0. The van der Waals surface area contributed by atoms with Crippen LogP contribution >= 0.6 is 0 Å². The second-order valence-electron chi connectivity index (χ2n) is 2.25. The first-order valence-corrected chi connectivity index (χ1v) is 3.59. The minimum atomic E-state index is 0.625. The normalized spacial score (nSPS) is 22.7. The molecule has 1 aliphatic rings. The third-order valence-corrected chi connectivity index (χ3v) is 1.45. The maximum atomic E-state index is 7.32. The van der Waals surface area contributed by atoms with Gasteiger partial charge in [0.15, 0.2) is 0 Å². The Balaban J connectivity index is 0.000000236. The van der Waals surface area contributed by atoms with Gasteiger partial charge < -0.3 is 11.1 Å². The standard InChI is InChI=1S/C5H12N2.C2H3N/c6-4-5-2-1-3-7-5;1-2-3/h5,7H,1-4,6H2;1H3. The molecule has 0 saturated carbocycles. The van der Waals surface area contributed by atoms with E-state index < -0.39 is 0 Å². The average molecular weight is 141 g/mol. The summed E-state index contributed by atoms with van der Waals surface area (Å²) in [6.07, 6.45) is 2.58. The Morgan fingerprint density at radius 1 is 1.80 bits per heavy atom. The molecule has 0 bridgehead atoms. The predicted molar refractivity (Wildman–Crippen MR) is 41.4 cm³/mol. The molecule has 3 N–H and O–H groups in total. The number of rotatable bonds is 1. The molecule has 0 aliphatic carbocycles. The van der Waals surface area contributed by atoms with Gasteiger partial charge in [-0.25, -0.2) is 0 Å². The van der Waals surface area contributed by atoms with E-state index in [1.807, 2.05) is 0 Å². The molecule has 0 radical (unpaired) electrons. The van der Waals surface area contributed by atoms with Gasteiger partial charge in [0.25, 0.3) is 0 Å². The number of nitrogens with one attached hydrogen (secondary N) is 1. The van der Waals surface area contributed by atoms with Gasteiger partial charge in [0.2, 0.25) is 0 Å². The van der Waals surface area contributed by atoms with Crippen LogP contribution in [-0.4, -0.2) is 19.1 Å². The molecule has 0 aromatic rings. The molecule has 0 aromatic carbocycles. The zero-order valence-corrected chi connectivity index (χ0v) is 6.43. The maximum Gasteiger partial charge on any atom is 0.0587 e. The van der Waals surface area contributed by atoms with E-state index in [1.54, 1.807) is 6.07 Å². The molecular weight excluding hydrogens is 126 g/mol. The number of nitriles is 1. The van der Waals surface area contributed by atoms with Gasteiger partial charge in [-0.1, -0.05) is 0 Å². The Hall–Kier alpha value is -0.590. The Kier molecular flexibility index (Phi) is 6.14. The number of hydrogen-bond donors (Lipinski definition) is 2. The third-order valence-electron chi connectivity index (χ3n) is 1.45. The molecule has 0 aromatic heterocycles. The molecule has 1 fully saturated rings. The van der Waals surface area contributed by atoms with E-state index in [-0.39, 0.29) is 0 Å².